The van der Waals surface area contributed by atoms with Gasteiger partial charge in [0.1, 0.15) is 23.0 Å². The molecule has 0 saturated carbocycles. The van der Waals surface area contributed by atoms with Gasteiger partial charge in [-0.3, -0.25) is 9.36 Å². The van der Waals surface area contributed by atoms with Gasteiger partial charge in [-0.2, -0.15) is 5.26 Å². The monoisotopic (exact) mass is 405 g/mol. The van der Waals surface area contributed by atoms with Gasteiger partial charge in [0.2, 0.25) is 5.88 Å². The summed E-state index contributed by atoms with van der Waals surface area (Å²) in [5.74, 6) is -0.761. The minimum absolute atomic E-state index is 0.0172. The molecule has 3 rings (SSSR count). The number of esters is 1. The first kappa shape index (κ1) is 20.9. The molecule has 0 saturated heterocycles. The molecule has 2 aromatic heterocycles. The van der Waals surface area contributed by atoms with Crippen molar-refractivity contribution in [1.29, 1.82) is 5.26 Å². The van der Waals surface area contributed by atoms with Crippen LogP contribution in [0, 0.1) is 39.0 Å². The summed E-state index contributed by atoms with van der Waals surface area (Å²) in [7, 11) is 0. The highest BCUT2D eigenvalue weighted by Gasteiger charge is 2.28. The largest absolute Gasteiger partial charge is 0.449 e. The van der Waals surface area contributed by atoms with E-state index < -0.39 is 18.0 Å². The Morgan fingerprint density at radius 1 is 1.13 bits per heavy atom. The molecule has 0 aliphatic carbocycles. The highest BCUT2D eigenvalue weighted by Crippen LogP contribution is 2.27. The number of ether oxygens (including phenoxy) is 1. The van der Waals surface area contributed by atoms with Crippen LogP contribution in [0.1, 0.15) is 45.3 Å². The van der Waals surface area contributed by atoms with Crippen LogP contribution in [0.2, 0.25) is 0 Å². The van der Waals surface area contributed by atoms with E-state index in [1.807, 2.05) is 39.0 Å². The Morgan fingerprint density at radius 2 is 1.73 bits per heavy atom. The van der Waals surface area contributed by atoms with Crippen molar-refractivity contribution in [2.75, 3.05) is 5.32 Å². The van der Waals surface area contributed by atoms with Crippen LogP contribution in [-0.4, -0.2) is 22.5 Å². The van der Waals surface area contributed by atoms with Crippen molar-refractivity contribution in [3.05, 3.63) is 70.2 Å². The van der Waals surface area contributed by atoms with Crippen molar-refractivity contribution in [2.24, 2.45) is 0 Å². The van der Waals surface area contributed by atoms with Crippen LogP contribution in [0.3, 0.4) is 0 Å². The first-order valence-corrected chi connectivity index (χ1v) is 9.49. The first-order chi connectivity index (χ1) is 14.2. The summed E-state index contributed by atoms with van der Waals surface area (Å²) in [4.78, 5) is 25.4. The number of carbonyl (C=O) groups is 2. The molecule has 3 aromatic rings. The van der Waals surface area contributed by atoms with Gasteiger partial charge in [0.25, 0.3) is 5.91 Å². The number of aryl methyl sites for hydroxylation is 4. The van der Waals surface area contributed by atoms with Gasteiger partial charge in [0.05, 0.1) is 0 Å². The molecule has 0 spiro atoms. The number of nitriles is 1. The molecule has 1 N–H and O–H groups in total. The number of hydrogen-bond acceptors (Lipinski definition) is 5. The molecule has 1 aromatic carbocycles. The van der Waals surface area contributed by atoms with Crippen LogP contribution in [0.5, 0.6) is 0 Å². The number of carbonyl (C=O) groups excluding carboxylic acids is 2. The number of benzene rings is 1. The lowest BCUT2D eigenvalue weighted by Gasteiger charge is -2.16. The second kappa shape index (κ2) is 8.29. The fourth-order valence-electron chi connectivity index (χ4n) is 3.41. The minimum atomic E-state index is -1.06. The standard InChI is InChI=1S/C23H23N3O4/c1-13-10-14(2)20(15(3)11-13)25-21(27)17(5)30-23(28)19-16(4)29-22(18(19)12-24)26-8-6-7-9-26/h6-11,17H,1-5H3,(H,25,27)/t17-/m0/s1. The van der Waals surface area contributed by atoms with Crippen molar-refractivity contribution in [3.8, 4) is 12.0 Å². The van der Waals surface area contributed by atoms with E-state index in [0.29, 0.717) is 5.69 Å². The van der Waals surface area contributed by atoms with Crippen LogP contribution in [0.4, 0.5) is 5.69 Å². The van der Waals surface area contributed by atoms with Crippen molar-refractivity contribution in [2.45, 2.75) is 40.7 Å². The molecule has 0 unspecified atom stereocenters. The second-order valence-corrected chi connectivity index (χ2v) is 7.23. The van der Waals surface area contributed by atoms with E-state index in [-0.39, 0.29) is 22.8 Å². The van der Waals surface area contributed by atoms with Gasteiger partial charge in [0, 0.05) is 18.1 Å². The van der Waals surface area contributed by atoms with E-state index in [9.17, 15) is 14.9 Å². The van der Waals surface area contributed by atoms with Gasteiger partial charge in [-0.1, -0.05) is 17.7 Å². The number of amides is 1. The first-order valence-electron chi connectivity index (χ1n) is 9.49. The Bertz CT molecular complexity index is 1130. The zero-order valence-corrected chi connectivity index (χ0v) is 17.6. The maximum absolute atomic E-state index is 12.8. The molecule has 7 heteroatoms. The van der Waals surface area contributed by atoms with E-state index in [1.54, 1.807) is 36.0 Å². The molecular weight excluding hydrogens is 382 g/mol. The molecule has 154 valence electrons. The Hall–Kier alpha value is -3.79. The summed E-state index contributed by atoms with van der Waals surface area (Å²) in [6.45, 7) is 8.86. The molecule has 0 radical (unpaired) electrons. The zero-order valence-electron chi connectivity index (χ0n) is 17.6. The minimum Gasteiger partial charge on any atom is -0.449 e. The summed E-state index contributed by atoms with van der Waals surface area (Å²) in [6.07, 6.45) is 2.35. The third kappa shape index (κ3) is 3.98. The van der Waals surface area contributed by atoms with E-state index in [1.165, 1.54) is 6.92 Å². The number of aromatic nitrogens is 1. The maximum Gasteiger partial charge on any atom is 0.343 e. The van der Waals surface area contributed by atoms with Crippen LogP contribution >= 0.6 is 0 Å². The highest BCUT2D eigenvalue weighted by atomic mass is 16.5. The topological polar surface area (TPSA) is 97.3 Å². The fourth-order valence-corrected chi connectivity index (χ4v) is 3.41. The summed E-state index contributed by atoms with van der Waals surface area (Å²) < 4.78 is 12.6. The average Bonchev–Trinajstić information content (AvgIpc) is 3.31. The van der Waals surface area contributed by atoms with Gasteiger partial charge >= 0.3 is 5.97 Å². The van der Waals surface area contributed by atoms with E-state index >= 15 is 0 Å². The van der Waals surface area contributed by atoms with Crippen molar-refractivity contribution in [1.82, 2.24) is 4.57 Å². The maximum atomic E-state index is 12.8. The lowest BCUT2D eigenvalue weighted by atomic mass is 10.0. The molecule has 0 aliphatic rings. The molecule has 0 aliphatic heterocycles. The van der Waals surface area contributed by atoms with Gasteiger partial charge in [-0.05, 0) is 57.9 Å². The molecule has 2 heterocycles. The molecule has 1 atom stereocenters. The average molecular weight is 405 g/mol. The third-order valence-electron chi connectivity index (χ3n) is 4.80. The number of rotatable bonds is 5. The third-order valence-corrected chi connectivity index (χ3v) is 4.80. The number of nitrogens with one attached hydrogen (secondary N) is 1. The van der Waals surface area contributed by atoms with E-state index in [4.69, 9.17) is 9.15 Å². The van der Waals surface area contributed by atoms with Crippen LogP contribution in [0.25, 0.3) is 5.88 Å². The molecular formula is C23H23N3O4. The van der Waals surface area contributed by atoms with Gasteiger partial charge < -0.3 is 14.5 Å². The number of anilines is 1. The van der Waals surface area contributed by atoms with Crippen molar-refractivity contribution in [3.63, 3.8) is 0 Å². The van der Waals surface area contributed by atoms with Gasteiger partial charge in [0.15, 0.2) is 6.10 Å². The zero-order chi connectivity index (χ0) is 22.0. The van der Waals surface area contributed by atoms with Gasteiger partial charge in [-0.15, -0.1) is 0 Å². The van der Waals surface area contributed by atoms with E-state index in [0.717, 1.165) is 16.7 Å². The smallest absolute Gasteiger partial charge is 0.343 e. The summed E-state index contributed by atoms with van der Waals surface area (Å²) >= 11 is 0. The summed E-state index contributed by atoms with van der Waals surface area (Å²) in [6, 6.07) is 9.49. The predicted octanol–water partition coefficient (Wildman–Crippen LogP) is 4.36. The Balaban J connectivity index is 1.80. The Morgan fingerprint density at radius 3 is 2.30 bits per heavy atom. The number of furan rings is 1. The summed E-state index contributed by atoms with van der Waals surface area (Å²) in [5, 5.41) is 12.4. The molecule has 1 amide bonds. The Kier molecular flexibility index (Phi) is 5.79. The summed E-state index contributed by atoms with van der Waals surface area (Å²) in [5.41, 5.74) is 3.72. The lowest BCUT2D eigenvalue weighted by molar-refractivity contribution is -0.123. The number of hydrogen-bond donors (Lipinski definition) is 1. The quantitative estimate of drug-likeness (QED) is 0.636. The highest BCUT2D eigenvalue weighted by molar-refractivity contribution is 5.99. The van der Waals surface area contributed by atoms with Crippen molar-refractivity contribution >= 4 is 17.6 Å². The Labute approximate surface area is 174 Å². The van der Waals surface area contributed by atoms with E-state index in [2.05, 4.69) is 5.32 Å². The van der Waals surface area contributed by atoms with Crippen LogP contribution in [0.15, 0.2) is 41.1 Å². The molecule has 0 fully saturated rings. The SMILES string of the molecule is Cc1cc(C)c(NC(=O)[C@H](C)OC(=O)c2c(C)oc(-n3cccc3)c2C#N)c(C)c1. The fraction of sp³-hybridized carbons (Fsp3) is 0.261. The molecule has 30 heavy (non-hydrogen) atoms. The van der Waals surface area contributed by atoms with Gasteiger partial charge in [-0.25, -0.2) is 4.79 Å². The molecule has 7 nitrogen and oxygen atoms in total. The molecule has 0 bridgehead atoms. The predicted molar refractivity (Wildman–Crippen MR) is 112 cm³/mol. The van der Waals surface area contributed by atoms with Crippen molar-refractivity contribution < 1.29 is 18.7 Å². The number of nitrogens with zero attached hydrogens (tertiary/aromatic N) is 2. The van der Waals surface area contributed by atoms with Crippen LogP contribution in [-0.2, 0) is 9.53 Å². The lowest BCUT2D eigenvalue weighted by Crippen LogP contribution is -2.30. The normalized spacial score (nSPS) is 11.6. The second-order valence-electron chi connectivity index (χ2n) is 7.23. The van der Waals surface area contributed by atoms with Crippen LogP contribution < -0.4 is 5.32 Å².